The van der Waals surface area contributed by atoms with Crippen LogP contribution in [0.4, 0.5) is 13.2 Å². The molecule has 27 heavy (non-hydrogen) atoms. The van der Waals surface area contributed by atoms with Crippen LogP contribution in [0.2, 0.25) is 5.02 Å². The fourth-order valence-electron chi connectivity index (χ4n) is 2.75. The van der Waals surface area contributed by atoms with Gasteiger partial charge >= 0.3 is 12.1 Å². The van der Waals surface area contributed by atoms with E-state index in [9.17, 15) is 22.8 Å². The third-order valence-electron chi connectivity index (χ3n) is 4.01. The molecule has 0 spiro atoms. The molecule has 3 rings (SSSR count). The topological polar surface area (TPSA) is 61.2 Å². The molecule has 9 heteroatoms. The third-order valence-corrected chi connectivity index (χ3v) is 4.33. The van der Waals surface area contributed by atoms with E-state index in [0.29, 0.717) is 11.1 Å². The molecule has 0 radical (unpaired) electrons. The number of nitrogens with zero attached hydrogens (tertiary/aromatic N) is 2. The fraction of sp³-hybridized carbons (Fsp3) is 0.167. The number of halogens is 4. The predicted molar refractivity (Wildman–Crippen MR) is 92.0 cm³/mol. The molecule has 0 aliphatic heterocycles. The number of esters is 1. The first-order valence-corrected chi connectivity index (χ1v) is 8.01. The number of carbonyl (C=O) groups excluding carboxylic acids is 2. The van der Waals surface area contributed by atoms with Crippen molar-refractivity contribution < 1.29 is 27.5 Å². The Morgan fingerprint density at radius 1 is 1.19 bits per heavy atom. The number of alkyl halides is 3. The fourth-order valence-corrected chi connectivity index (χ4v) is 3.01. The van der Waals surface area contributed by atoms with Crippen LogP contribution in [-0.4, -0.2) is 28.8 Å². The average molecular weight is 397 g/mol. The van der Waals surface area contributed by atoms with Gasteiger partial charge in [-0.3, -0.25) is 4.79 Å². The van der Waals surface area contributed by atoms with Crippen LogP contribution in [0.15, 0.2) is 36.4 Å². The molecule has 0 saturated carbocycles. The van der Waals surface area contributed by atoms with E-state index in [2.05, 4.69) is 9.84 Å². The Morgan fingerprint density at radius 3 is 2.52 bits per heavy atom. The lowest BCUT2D eigenvalue weighted by molar-refractivity contribution is -0.137. The maximum absolute atomic E-state index is 13.3. The van der Waals surface area contributed by atoms with Gasteiger partial charge in [0.2, 0.25) is 0 Å². The monoisotopic (exact) mass is 396 g/mol. The number of ether oxygens (including phenoxy) is 1. The van der Waals surface area contributed by atoms with Gasteiger partial charge in [-0.05, 0) is 31.2 Å². The number of aryl methyl sites for hydroxylation is 1. The van der Waals surface area contributed by atoms with E-state index in [0.717, 1.165) is 16.8 Å². The third kappa shape index (κ3) is 3.28. The molecule has 0 unspecified atom stereocenters. The first kappa shape index (κ1) is 18.9. The maximum Gasteiger partial charge on any atom is 0.417 e. The van der Waals surface area contributed by atoms with E-state index in [4.69, 9.17) is 11.6 Å². The molecule has 140 valence electrons. The van der Waals surface area contributed by atoms with Crippen LogP contribution < -0.4 is 0 Å². The second-order valence-electron chi connectivity index (χ2n) is 5.69. The summed E-state index contributed by atoms with van der Waals surface area (Å²) in [5.41, 5.74) is -1.15. The van der Waals surface area contributed by atoms with Crippen LogP contribution in [-0.2, 0) is 10.9 Å². The van der Waals surface area contributed by atoms with Crippen LogP contribution in [0.3, 0.4) is 0 Å². The largest absolute Gasteiger partial charge is 0.465 e. The molecular formula is C18H12ClF3N2O3. The Labute approximate surface area is 156 Å². The Kier molecular flexibility index (Phi) is 4.69. The maximum atomic E-state index is 13.3. The lowest BCUT2D eigenvalue weighted by Crippen LogP contribution is -2.20. The molecule has 5 nitrogen and oxygen atoms in total. The zero-order chi connectivity index (χ0) is 19.9. The van der Waals surface area contributed by atoms with Gasteiger partial charge < -0.3 is 4.74 Å². The van der Waals surface area contributed by atoms with Crippen molar-refractivity contribution in [2.75, 3.05) is 7.11 Å². The van der Waals surface area contributed by atoms with Crippen molar-refractivity contribution in [3.8, 4) is 0 Å². The number of hydrogen-bond acceptors (Lipinski definition) is 4. The minimum Gasteiger partial charge on any atom is -0.465 e. The van der Waals surface area contributed by atoms with Crippen LogP contribution in [0.25, 0.3) is 10.9 Å². The summed E-state index contributed by atoms with van der Waals surface area (Å²) in [7, 11) is 1.19. The molecule has 0 fully saturated rings. The molecule has 0 N–H and O–H groups in total. The summed E-state index contributed by atoms with van der Waals surface area (Å²) in [6, 6.07) is 7.45. The van der Waals surface area contributed by atoms with E-state index in [-0.39, 0.29) is 16.1 Å². The highest BCUT2D eigenvalue weighted by atomic mass is 35.5. The van der Waals surface area contributed by atoms with Gasteiger partial charge in [-0.15, -0.1) is 0 Å². The summed E-state index contributed by atoms with van der Waals surface area (Å²) >= 11 is 5.91. The Morgan fingerprint density at radius 2 is 1.89 bits per heavy atom. The van der Waals surface area contributed by atoms with Crippen LogP contribution >= 0.6 is 11.6 Å². The van der Waals surface area contributed by atoms with Crippen molar-refractivity contribution >= 4 is 34.4 Å². The molecule has 0 aliphatic carbocycles. The summed E-state index contributed by atoms with van der Waals surface area (Å²) in [6.07, 6.45) is -4.77. The first-order chi connectivity index (χ1) is 12.6. The molecule has 1 aromatic heterocycles. The van der Waals surface area contributed by atoms with E-state index in [1.807, 2.05) is 0 Å². The average Bonchev–Trinajstić information content (AvgIpc) is 2.95. The van der Waals surface area contributed by atoms with Gasteiger partial charge in [0.25, 0.3) is 5.91 Å². The zero-order valence-electron chi connectivity index (χ0n) is 14.1. The van der Waals surface area contributed by atoms with E-state index >= 15 is 0 Å². The molecule has 0 amide bonds. The number of fused-ring (bicyclic) bond motifs is 1. The minimum absolute atomic E-state index is 0.133. The van der Waals surface area contributed by atoms with Crippen molar-refractivity contribution in [3.63, 3.8) is 0 Å². The van der Waals surface area contributed by atoms with Crippen molar-refractivity contribution in [2.45, 2.75) is 13.1 Å². The molecule has 0 saturated heterocycles. The van der Waals surface area contributed by atoms with Gasteiger partial charge in [-0.25, -0.2) is 4.79 Å². The quantitative estimate of drug-likeness (QED) is 0.599. The standard InChI is InChI=1S/C18H12ClF3N2O3/c1-9-11-7-6-10(17(26)27-2)8-14(11)24(23-9)16(25)15-12(18(20,21)22)4-3-5-13(15)19/h3-8H,1-2H3. The van der Waals surface area contributed by atoms with Crippen molar-refractivity contribution in [3.05, 3.63) is 63.8 Å². The second kappa shape index (κ2) is 6.70. The number of methoxy groups -OCH3 is 1. The van der Waals surface area contributed by atoms with Crippen LogP contribution in [0.5, 0.6) is 0 Å². The first-order valence-electron chi connectivity index (χ1n) is 7.63. The highest BCUT2D eigenvalue weighted by Crippen LogP contribution is 2.36. The van der Waals surface area contributed by atoms with Crippen molar-refractivity contribution in [1.29, 1.82) is 0 Å². The SMILES string of the molecule is COC(=O)c1ccc2c(C)nn(C(=O)c3c(Cl)cccc3C(F)(F)F)c2c1. The Hall–Kier alpha value is -2.87. The lowest BCUT2D eigenvalue weighted by atomic mass is 10.1. The molecule has 1 heterocycles. The molecule has 0 aliphatic rings. The smallest absolute Gasteiger partial charge is 0.417 e. The van der Waals surface area contributed by atoms with Gasteiger partial charge in [-0.1, -0.05) is 23.7 Å². The van der Waals surface area contributed by atoms with Crippen molar-refractivity contribution in [1.82, 2.24) is 9.78 Å². The number of hydrogen-bond donors (Lipinski definition) is 0. The van der Waals surface area contributed by atoms with Gasteiger partial charge in [0.15, 0.2) is 0 Å². The van der Waals surface area contributed by atoms with Crippen molar-refractivity contribution in [2.24, 2.45) is 0 Å². The highest BCUT2D eigenvalue weighted by Gasteiger charge is 2.37. The number of carbonyl (C=O) groups is 2. The molecule has 0 atom stereocenters. The lowest BCUT2D eigenvalue weighted by Gasteiger charge is -2.13. The van der Waals surface area contributed by atoms with Gasteiger partial charge in [-0.2, -0.15) is 23.0 Å². The summed E-state index contributed by atoms with van der Waals surface area (Å²) in [6.45, 7) is 1.60. The summed E-state index contributed by atoms with van der Waals surface area (Å²) in [5, 5.41) is 4.21. The van der Waals surface area contributed by atoms with Gasteiger partial charge in [0.1, 0.15) is 0 Å². The van der Waals surface area contributed by atoms with Gasteiger partial charge in [0, 0.05) is 5.39 Å². The minimum atomic E-state index is -4.77. The van der Waals surface area contributed by atoms with Crippen LogP contribution in [0, 0.1) is 6.92 Å². The van der Waals surface area contributed by atoms with Gasteiger partial charge in [0.05, 0.1) is 40.0 Å². The second-order valence-corrected chi connectivity index (χ2v) is 6.09. The number of rotatable bonds is 2. The molecule has 2 aromatic carbocycles. The number of benzene rings is 2. The molecule has 3 aromatic rings. The van der Waals surface area contributed by atoms with E-state index < -0.39 is 29.2 Å². The summed E-state index contributed by atoms with van der Waals surface area (Å²) in [5.74, 6) is -1.70. The number of aromatic nitrogens is 2. The normalized spacial score (nSPS) is 11.6. The molecule has 0 bridgehead atoms. The molecular weight excluding hydrogens is 385 g/mol. The Balaban J connectivity index is 2.25. The zero-order valence-corrected chi connectivity index (χ0v) is 14.9. The highest BCUT2D eigenvalue weighted by molar-refractivity contribution is 6.34. The predicted octanol–water partition coefficient (Wildman–Crippen LogP) is 4.49. The van der Waals surface area contributed by atoms with Crippen LogP contribution in [0.1, 0.15) is 32.0 Å². The summed E-state index contributed by atoms with van der Waals surface area (Å²) < 4.78 is 45.5. The Bertz CT molecular complexity index is 1070. The van der Waals surface area contributed by atoms with E-state index in [1.54, 1.807) is 13.0 Å². The summed E-state index contributed by atoms with van der Waals surface area (Å²) in [4.78, 5) is 24.7. The van der Waals surface area contributed by atoms with E-state index in [1.165, 1.54) is 25.3 Å².